The molecule has 0 amide bonds. The van der Waals surface area contributed by atoms with Gasteiger partial charge in [-0.1, -0.05) is 0 Å². The molecule has 0 radical (unpaired) electrons. The van der Waals surface area contributed by atoms with Crippen molar-refractivity contribution in [3.05, 3.63) is 12.3 Å². The average molecular weight is 222 g/mol. The Bertz CT molecular complexity index is 381. The highest BCUT2D eigenvalue weighted by molar-refractivity contribution is 5.46. The summed E-state index contributed by atoms with van der Waals surface area (Å²) in [5, 5.41) is 0. The molecule has 2 rings (SSSR count). The lowest BCUT2D eigenvalue weighted by atomic mass is 10.2. The van der Waals surface area contributed by atoms with E-state index in [9.17, 15) is 0 Å². The summed E-state index contributed by atoms with van der Waals surface area (Å²) in [5.74, 6) is 1.82. The second kappa shape index (κ2) is 3.85. The zero-order valence-electron chi connectivity index (χ0n) is 9.99. The molecule has 16 heavy (non-hydrogen) atoms. The highest BCUT2D eigenvalue weighted by Gasteiger charge is 2.26. The van der Waals surface area contributed by atoms with E-state index in [0.29, 0.717) is 23.4 Å². The van der Waals surface area contributed by atoms with Crippen molar-refractivity contribution < 1.29 is 9.47 Å². The number of rotatable bonds is 3. The Kier molecular flexibility index (Phi) is 2.66. The molecule has 1 aliphatic carbocycles. The van der Waals surface area contributed by atoms with Gasteiger partial charge < -0.3 is 15.2 Å². The van der Waals surface area contributed by atoms with Crippen LogP contribution < -0.4 is 15.2 Å². The van der Waals surface area contributed by atoms with Gasteiger partial charge in [-0.25, -0.2) is 4.98 Å². The molecule has 2 N–H and O–H groups in total. The molecule has 0 saturated heterocycles. The maximum Gasteiger partial charge on any atom is 0.180 e. The molecule has 0 spiro atoms. The van der Waals surface area contributed by atoms with Crippen LogP contribution in [0.3, 0.4) is 0 Å². The normalized spacial score (nSPS) is 15.9. The second-order valence-electron chi connectivity index (χ2n) is 5.09. The summed E-state index contributed by atoms with van der Waals surface area (Å²) in [5.41, 5.74) is 5.38. The third kappa shape index (κ3) is 3.02. The van der Waals surface area contributed by atoms with Crippen LogP contribution in [0.25, 0.3) is 0 Å². The van der Waals surface area contributed by atoms with Gasteiger partial charge in [-0.05, 0) is 33.6 Å². The molecule has 0 aromatic carbocycles. The first-order valence-electron chi connectivity index (χ1n) is 5.55. The fourth-order valence-corrected chi connectivity index (χ4v) is 1.30. The van der Waals surface area contributed by atoms with Crippen LogP contribution in [-0.2, 0) is 0 Å². The summed E-state index contributed by atoms with van der Waals surface area (Å²) in [4.78, 5) is 4.02. The third-order valence-corrected chi connectivity index (χ3v) is 2.09. The molecule has 88 valence electrons. The minimum Gasteiger partial charge on any atom is -0.486 e. The smallest absolute Gasteiger partial charge is 0.180 e. The SMILES string of the molecule is CC(C)(C)Oc1cnc(N)cc1OC1CC1. The van der Waals surface area contributed by atoms with Gasteiger partial charge in [-0.3, -0.25) is 0 Å². The molecule has 1 aromatic rings. The Morgan fingerprint density at radius 3 is 2.56 bits per heavy atom. The van der Waals surface area contributed by atoms with E-state index in [1.54, 1.807) is 12.3 Å². The molecule has 1 aliphatic rings. The van der Waals surface area contributed by atoms with E-state index in [-0.39, 0.29) is 5.60 Å². The van der Waals surface area contributed by atoms with Crippen molar-refractivity contribution in [2.45, 2.75) is 45.3 Å². The van der Waals surface area contributed by atoms with Gasteiger partial charge in [0.1, 0.15) is 11.4 Å². The van der Waals surface area contributed by atoms with Gasteiger partial charge in [-0.15, -0.1) is 0 Å². The van der Waals surface area contributed by atoms with Gasteiger partial charge in [0.2, 0.25) is 0 Å². The van der Waals surface area contributed by atoms with E-state index in [1.807, 2.05) is 20.8 Å². The topological polar surface area (TPSA) is 57.4 Å². The highest BCUT2D eigenvalue weighted by Crippen LogP contribution is 2.35. The van der Waals surface area contributed by atoms with E-state index >= 15 is 0 Å². The summed E-state index contributed by atoms with van der Waals surface area (Å²) in [6.45, 7) is 5.97. The van der Waals surface area contributed by atoms with Gasteiger partial charge in [0, 0.05) is 6.07 Å². The Morgan fingerprint density at radius 2 is 2.00 bits per heavy atom. The number of ether oxygens (including phenoxy) is 2. The van der Waals surface area contributed by atoms with Crippen LogP contribution in [0.4, 0.5) is 5.82 Å². The van der Waals surface area contributed by atoms with Crippen molar-refractivity contribution in [2.24, 2.45) is 0 Å². The average Bonchev–Trinajstić information content (AvgIpc) is 2.91. The third-order valence-electron chi connectivity index (χ3n) is 2.09. The summed E-state index contributed by atoms with van der Waals surface area (Å²) in [7, 11) is 0. The Labute approximate surface area is 95.8 Å². The largest absolute Gasteiger partial charge is 0.486 e. The first kappa shape index (κ1) is 11.0. The minimum absolute atomic E-state index is 0.264. The molecule has 1 saturated carbocycles. The fraction of sp³-hybridized carbons (Fsp3) is 0.583. The van der Waals surface area contributed by atoms with Crippen LogP contribution in [0.1, 0.15) is 33.6 Å². The van der Waals surface area contributed by atoms with Gasteiger partial charge in [0.25, 0.3) is 0 Å². The maximum absolute atomic E-state index is 5.77. The molecule has 0 bridgehead atoms. The molecule has 0 aliphatic heterocycles. The molecule has 1 aromatic heterocycles. The number of nitrogens with zero attached hydrogens (tertiary/aromatic N) is 1. The lowest BCUT2D eigenvalue weighted by Gasteiger charge is -2.22. The molecule has 1 fully saturated rings. The Balaban J connectivity index is 2.20. The van der Waals surface area contributed by atoms with Crippen molar-refractivity contribution in [3.8, 4) is 11.5 Å². The van der Waals surface area contributed by atoms with Crippen molar-refractivity contribution in [3.63, 3.8) is 0 Å². The Morgan fingerprint density at radius 1 is 1.31 bits per heavy atom. The standard InChI is InChI=1S/C12H18N2O2/c1-12(2,3)16-10-7-14-11(13)6-9(10)15-8-4-5-8/h6-8H,4-5H2,1-3H3,(H2,13,14). The van der Waals surface area contributed by atoms with Crippen molar-refractivity contribution in [1.82, 2.24) is 4.98 Å². The lowest BCUT2D eigenvalue weighted by molar-refractivity contribution is 0.122. The fourth-order valence-electron chi connectivity index (χ4n) is 1.30. The number of hydrogen-bond donors (Lipinski definition) is 1. The first-order chi connectivity index (χ1) is 7.44. The zero-order valence-corrected chi connectivity index (χ0v) is 9.99. The van der Waals surface area contributed by atoms with Crippen LogP contribution in [0, 0.1) is 0 Å². The molecule has 4 heteroatoms. The molecule has 0 unspecified atom stereocenters. The van der Waals surface area contributed by atoms with Crippen molar-refractivity contribution in [1.29, 1.82) is 0 Å². The van der Waals surface area contributed by atoms with Gasteiger partial charge >= 0.3 is 0 Å². The first-order valence-corrected chi connectivity index (χ1v) is 5.55. The predicted octanol–water partition coefficient (Wildman–Crippen LogP) is 2.38. The van der Waals surface area contributed by atoms with E-state index in [2.05, 4.69) is 4.98 Å². The number of hydrogen-bond acceptors (Lipinski definition) is 4. The Hall–Kier alpha value is -1.45. The minimum atomic E-state index is -0.264. The lowest BCUT2D eigenvalue weighted by Crippen LogP contribution is -2.23. The van der Waals surface area contributed by atoms with Crippen molar-refractivity contribution in [2.75, 3.05) is 5.73 Å². The second-order valence-corrected chi connectivity index (χ2v) is 5.09. The monoisotopic (exact) mass is 222 g/mol. The van der Waals surface area contributed by atoms with Crippen LogP contribution in [0.15, 0.2) is 12.3 Å². The summed E-state index contributed by atoms with van der Waals surface area (Å²) in [6, 6.07) is 1.72. The summed E-state index contributed by atoms with van der Waals surface area (Å²) in [6.07, 6.45) is 4.16. The van der Waals surface area contributed by atoms with Crippen LogP contribution in [-0.4, -0.2) is 16.7 Å². The zero-order chi connectivity index (χ0) is 11.8. The number of nitrogen functional groups attached to an aromatic ring is 1. The molecular weight excluding hydrogens is 204 g/mol. The van der Waals surface area contributed by atoms with E-state index < -0.39 is 0 Å². The number of aromatic nitrogens is 1. The predicted molar refractivity (Wildman–Crippen MR) is 62.7 cm³/mol. The number of nitrogens with two attached hydrogens (primary N) is 1. The van der Waals surface area contributed by atoms with Gasteiger partial charge in [-0.2, -0.15) is 0 Å². The van der Waals surface area contributed by atoms with Crippen LogP contribution in [0.2, 0.25) is 0 Å². The van der Waals surface area contributed by atoms with Crippen LogP contribution >= 0.6 is 0 Å². The summed E-state index contributed by atoms with van der Waals surface area (Å²) >= 11 is 0. The number of anilines is 1. The molecule has 0 atom stereocenters. The molecular formula is C12H18N2O2. The van der Waals surface area contributed by atoms with E-state index in [1.165, 1.54) is 0 Å². The van der Waals surface area contributed by atoms with Crippen LogP contribution in [0.5, 0.6) is 11.5 Å². The van der Waals surface area contributed by atoms with Gasteiger partial charge in [0.15, 0.2) is 11.5 Å². The van der Waals surface area contributed by atoms with Gasteiger partial charge in [0.05, 0.1) is 12.3 Å². The van der Waals surface area contributed by atoms with E-state index in [4.69, 9.17) is 15.2 Å². The molecule has 4 nitrogen and oxygen atoms in total. The van der Waals surface area contributed by atoms with Crippen molar-refractivity contribution >= 4 is 5.82 Å². The highest BCUT2D eigenvalue weighted by atomic mass is 16.5. The van der Waals surface area contributed by atoms with E-state index in [0.717, 1.165) is 12.8 Å². The summed E-state index contributed by atoms with van der Waals surface area (Å²) < 4.78 is 11.5. The maximum atomic E-state index is 5.77. The molecule has 1 heterocycles. The quantitative estimate of drug-likeness (QED) is 0.853. The number of pyridine rings is 1.